The van der Waals surface area contributed by atoms with Crippen molar-refractivity contribution in [1.82, 2.24) is 4.90 Å². The minimum atomic E-state index is -0.661. The van der Waals surface area contributed by atoms with E-state index in [4.69, 9.17) is 26.8 Å². The average molecular weight is 446 g/mol. The first-order chi connectivity index (χ1) is 14.9. The quantitative estimate of drug-likeness (QED) is 0.680. The van der Waals surface area contributed by atoms with Crippen molar-refractivity contribution in [2.75, 3.05) is 32.1 Å². The minimum absolute atomic E-state index is 0.116. The molecular weight excluding hydrogens is 422 g/mol. The van der Waals surface area contributed by atoms with E-state index < -0.39 is 5.91 Å². The van der Waals surface area contributed by atoms with Gasteiger partial charge < -0.3 is 25.4 Å². The number of anilines is 1. The zero-order valence-electron chi connectivity index (χ0n) is 17.1. The highest BCUT2D eigenvalue weighted by atomic mass is 35.5. The van der Waals surface area contributed by atoms with Crippen molar-refractivity contribution in [3.63, 3.8) is 0 Å². The molecule has 3 amide bonds. The molecule has 1 aliphatic heterocycles. The molecule has 1 saturated heterocycles. The second kappa shape index (κ2) is 10.2. The largest absolute Gasteiger partial charge is 0.493 e. The van der Waals surface area contributed by atoms with Crippen LogP contribution in [0.15, 0.2) is 42.5 Å². The summed E-state index contributed by atoms with van der Waals surface area (Å²) in [6.07, 6.45) is 1.41. The number of methoxy groups -OCH3 is 1. The van der Waals surface area contributed by atoms with Crippen LogP contribution < -0.4 is 20.5 Å². The number of para-hydroxylation sites is 1. The van der Waals surface area contributed by atoms with E-state index in [2.05, 4.69) is 5.32 Å². The summed E-state index contributed by atoms with van der Waals surface area (Å²) >= 11 is 6.26. The molecule has 164 valence electrons. The number of primary amides is 1. The lowest BCUT2D eigenvalue weighted by molar-refractivity contribution is -0.121. The Hall–Kier alpha value is -3.26. The standard InChI is InChI=1S/C22H24ClN3O5/c1-30-18-11-15(10-17(23)20(18)31-13-19(24)27)22(29)26-9-5-6-14(12-26)21(28)25-16-7-3-2-4-8-16/h2-4,7-8,10-11,14H,5-6,9,12-13H2,1H3,(H2,24,27)(H,25,28)/t14-/m1/s1. The van der Waals surface area contributed by atoms with Crippen LogP contribution in [0, 0.1) is 5.92 Å². The van der Waals surface area contributed by atoms with Gasteiger partial charge in [-0.2, -0.15) is 0 Å². The predicted octanol–water partition coefficient (Wildman–Crippen LogP) is 2.70. The van der Waals surface area contributed by atoms with Crippen molar-refractivity contribution >= 4 is 35.0 Å². The second-order valence-corrected chi connectivity index (χ2v) is 7.60. The van der Waals surface area contributed by atoms with Gasteiger partial charge in [0.25, 0.3) is 11.8 Å². The van der Waals surface area contributed by atoms with Crippen molar-refractivity contribution in [2.24, 2.45) is 11.7 Å². The fourth-order valence-electron chi connectivity index (χ4n) is 3.45. The number of hydrogen-bond acceptors (Lipinski definition) is 5. The SMILES string of the molecule is COc1cc(C(=O)N2CCC[C@@H](C(=O)Nc3ccccc3)C2)cc(Cl)c1OCC(N)=O. The van der Waals surface area contributed by atoms with Gasteiger partial charge in [-0.1, -0.05) is 29.8 Å². The van der Waals surface area contributed by atoms with E-state index in [0.717, 1.165) is 5.69 Å². The molecule has 1 fully saturated rings. The van der Waals surface area contributed by atoms with E-state index in [1.165, 1.54) is 19.2 Å². The Kier molecular flexibility index (Phi) is 7.36. The molecule has 0 unspecified atom stereocenters. The fourth-order valence-corrected chi connectivity index (χ4v) is 3.72. The van der Waals surface area contributed by atoms with Crippen LogP contribution in [0.2, 0.25) is 5.02 Å². The molecule has 0 bridgehead atoms. The molecule has 1 aliphatic rings. The zero-order valence-corrected chi connectivity index (χ0v) is 17.9. The topological polar surface area (TPSA) is 111 Å². The van der Waals surface area contributed by atoms with Crippen LogP contribution in [0.3, 0.4) is 0 Å². The van der Waals surface area contributed by atoms with Crippen LogP contribution in [0.5, 0.6) is 11.5 Å². The monoisotopic (exact) mass is 445 g/mol. The second-order valence-electron chi connectivity index (χ2n) is 7.19. The van der Waals surface area contributed by atoms with E-state index in [-0.39, 0.29) is 40.9 Å². The molecule has 0 radical (unpaired) electrons. The summed E-state index contributed by atoms with van der Waals surface area (Å²) < 4.78 is 10.6. The minimum Gasteiger partial charge on any atom is -0.493 e. The Morgan fingerprint density at radius 2 is 1.97 bits per heavy atom. The third-order valence-corrected chi connectivity index (χ3v) is 5.24. The molecule has 1 atom stereocenters. The molecule has 9 heteroatoms. The fraction of sp³-hybridized carbons (Fsp3) is 0.318. The number of nitrogens with zero attached hydrogens (tertiary/aromatic N) is 1. The highest BCUT2D eigenvalue weighted by Crippen LogP contribution is 2.37. The number of hydrogen-bond donors (Lipinski definition) is 2. The number of ether oxygens (including phenoxy) is 2. The van der Waals surface area contributed by atoms with Crippen molar-refractivity contribution in [3.8, 4) is 11.5 Å². The van der Waals surface area contributed by atoms with Crippen molar-refractivity contribution in [1.29, 1.82) is 0 Å². The zero-order chi connectivity index (χ0) is 22.4. The van der Waals surface area contributed by atoms with Crippen LogP contribution in [0.4, 0.5) is 5.69 Å². The number of piperidine rings is 1. The van der Waals surface area contributed by atoms with Crippen LogP contribution in [0.25, 0.3) is 0 Å². The number of rotatable bonds is 7. The summed E-state index contributed by atoms with van der Waals surface area (Å²) in [6, 6.07) is 12.2. The maximum atomic E-state index is 13.1. The van der Waals surface area contributed by atoms with E-state index in [1.54, 1.807) is 4.90 Å². The first kappa shape index (κ1) is 22.4. The predicted molar refractivity (Wildman–Crippen MR) is 116 cm³/mol. The van der Waals surface area contributed by atoms with Crippen molar-refractivity contribution < 1.29 is 23.9 Å². The number of nitrogens with one attached hydrogen (secondary N) is 1. The molecule has 1 heterocycles. The van der Waals surface area contributed by atoms with Crippen LogP contribution in [-0.2, 0) is 9.59 Å². The Labute approximate surface area is 185 Å². The number of amides is 3. The van der Waals surface area contributed by atoms with Gasteiger partial charge >= 0.3 is 0 Å². The van der Waals surface area contributed by atoms with Gasteiger partial charge in [0.2, 0.25) is 5.91 Å². The van der Waals surface area contributed by atoms with E-state index in [9.17, 15) is 14.4 Å². The summed E-state index contributed by atoms with van der Waals surface area (Å²) in [5.74, 6) is -1.00. The molecule has 0 saturated carbocycles. The molecule has 8 nitrogen and oxygen atoms in total. The summed E-state index contributed by atoms with van der Waals surface area (Å²) in [5.41, 5.74) is 6.13. The molecule has 31 heavy (non-hydrogen) atoms. The van der Waals surface area contributed by atoms with Gasteiger partial charge in [0, 0.05) is 24.3 Å². The molecular formula is C22H24ClN3O5. The van der Waals surface area contributed by atoms with Gasteiger partial charge in [0.05, 0.1) is 18.1 Å². The Morgan fingerprint density at radius 1 is 1.23 bits per heavy atom. The Balaban J connectivity index is 1.72. The molecule has 2 aromatic rings. The summed E-state index contributed by atoms with van der Waals surface area (Å²) in [7, 11) is 1.40. The van der Waals surface area contributed by atoms with Gasteiger partial charge in [-0.05, 0) is 37.1 Å². The molecule has 3 N–H and O–H groups in total. The van der Waals surface area contributed by atoms with Crippen LogP contribution in [-0.4, -0.2) is 49.4 Å². The number of likely N-dealkylation sites (tertiary alicyclic amines) is 1. The number of carbonyl (C=O) groups is 3. The Morgan fingerprint density at radius 3 is 2.65 bits per heavy atom. The number of nitrogens with two attached hydrogens (primary N) is 1. The lowest BCUT2D eigenvalue weighted by Crippen LogP contribution is -2.43. The van der Waals surface area contributed by atoms with E-state index in [1.807, 2.05) is 30.3 Å². The van der Waals surface area contributed by atoms with E-state index >= 15 is 0 Å². The highest BCUT2D eigenvalue weighted by molar-refractivity contribution is 6.32. The third-order valence-electron chi connectivity index (χ3n) is 4.96. The molecule has 3 rings (SSSR count). The smallest absolute Gasteiger partial charge is 0.255 e. The number of halogens is 1. The van der Waals surface area contributed by atoms with E-state index in [0.29, 0.717) is 31.5 Å². The lowest BCUT2D eigenvalue weighted by Gasteiger charge is -2.32. The first-order valence-electron chi connectivity index (χ1n) is 9.83. The van der Waals surface area contributed by atoms with Gasteiger partial charge in [0.1, 0.15) is 0 Å². The highest BCUT2D eigenvalue weighted by Gasteiger charge is 2.30. The normalized spacial score (nSPS) is 15.8. The Bertz CT molecular complexity index is 967. The van der Waals surface area contributed by atoms with Crippen LogP contribution >= 0.6 is 11.6 Å². The average Bonchev–Trinajstić information content (AvgIpc) is 2.77. The first-order valence-corrected chi connectivity index (χ1v) is 10.2. The summed E-state index contributed by atoms with van der Waals surface area (Å²) in [5, 5.41) is 3.02. The van der Waals surface area contributed by atoms with Crippen molar-refractivity contribution in [3.05, 3.63) is 53.1 Å². The van der Waals surface area contributed by atoms with Gasteiger partial charge in [-0.3, -0.25) is 14.4 Å². The molecule has 0 aliphatic carbocycles. The number of benzene rings is 2. The maximum Gasteiger partial charge on any atom is 0.255 e. The third kappa shape index (κ3) is 5.67. The molecule has 0 spiro atoms. The number of carbonyl (C=O) groups excluding carboxylic acids is 3. The maximum absolute atomic E-state index is 13.1. The summed E-state index contributed by atoms with van der Waals surface area (Å²) in [4.78, 5) is 38.4. The lowest BCUT2D eigenvalue weighted by atomic mass is 9.96. The molecule has 2 aromatic carbocycles. The van der Waals surface area contributed by atoms with Gasteiger partial charge in [0.15, 0.2) is 18.1 Å². The van der Waals surface area contributed by atoms with Crippen molar-refractivity contribution in [2.45, 2.75) is 12.8 Å². The van der Waals surface area contributed by atoms with Gasteiger partial charge in [-0.15, -0.1) is 0 Å². The van der Waals surface area contributed by atoms with Crippen LogP contribution in [0.1, 0.15) is 23.2 Å². The summed E-state index contributed by atoms with van der Waals surface area (Å²) in [6.45, 7) is 0.471. The molecule has 0 aromatic heterocycles. The van der Waals surface area contributed by atoms with Gasteiger partial charge in [-0.25, -0.2) is 0 Å².